The third-order valence-corrected chi connectivity index (χ3v) is 5.08. The number of hydrogen-bond acceptors (Lipinski definition) is 8. The zero-order valence-corrected chi connectivity index (χ0v) is 18.9. The van der Waals surface area contributed by atoms with E-state index in [4.69, 9.17) is 11.5 Å². The van der Waals surface area contributed by atoms with Crippen molar-refractivity contribution < 1.29 is 34.2 Å². The number of carbonyl (C=O) groups is 5. The van der Waals surface area contributed by atoms with Gasteiger partial charge in [0, 0.05) is 0 Å². The Kier molecular flexibility index (Phi) is 11.7. The highest BCUT2D eigenvalue weighted by Crippen LogP contribution is 2.10. The van der Waals surface area contributed by atoms with E-state index >= 15 is 0 Å². The topological polar surface area (TPSA) is 214 Å². The minimum atomic E-state index is -1.41. The van der Waals surface area contributed by atoms with Crippen molar-refractivity contribution in [3.05, 3.63) is 29.8 Å². The SMILES string of the molecule is CSCCC(NC(=O)C(CC(N)=O)NC(=O)CNC(=O)C(N)Cc1ccc(O)cc1)C(=O)O. The fourth-order valence-electron chi connectivity index (χ4n) is 2.70. The van der Waals surface area contributed by atoms with Crippen LogP contribution in [0.1, 0.15) is 18.4 Å². The molecule has 33 heavy (non-hydrogen) atoms. The summed E-state index contributed by atoms with van der Waals surface area (Å²) in [6.07, 6.45) is 1.53. The van der Waals surface area contributed by atoms with Gasteiger partial charge in [-0.3, -0.25) is 19.2 Å². The van der Waals surface area contributed by atoms with E-state index in [1.165, 1.54) is 23.9 Å². The first-order valence-electron chi connectivity index (χ1n) is 9.94. The fourth-order valence-corrected chi connectivity index (χ4v) is 3.17. The average molecular weight is 484 g/mol. The first-order valence-corrected chi connectivity index (χ1v) is 11.3. The summed E-state index contributed by atoms with van der Waals surface area (Å²) >= 11 is 1.40. The number of aliphatic carboxylic acids is 1. The molecule has 0 bridgehead atoms. The molecule has 0 fully saturated rings. The monoisotopic (exact) mass is 483 g/mol. The van der Waals surface area contributed by atoms with Crippen LogP contribution in [0, 0.1) is 0 Å². The molecule has 0 aromatic heterocycles. The minimum absolute atomic E-state index is 0.0712. The second-order valence-electron chi connectivity index (χ2n) is 7.17. The molecule has 0 radical (unpaired) electrons. The van der Waals surface area contributed by atoms with E-state index in [1.54, 1.807) is 18.4 Å². The van der Waals surface area contributed by atoms with Gasteiger partial charge in [-0.15, -0.1) is 0 Å². The molecular weight excluding hydrogens is 454 g/mol. The molecule has 3 atom stereocenters. The van der Waals surface area contributed by atoms with E-state index < -0.39 is 60.7 Å². The zero-order valence-electron chi connectivity index (χ0n) is 18.1. The Balaban J connectivity index is 2.63. The Bertz CT molecular complexity index is 850. The lowest BCUT2D eigenvalue weighted by atomic mass is 10.1. The standard InChI is InChI=1S/C20H29N5O7S/c1-33-7-6-14(20(31)32)25-19(30)15(9-16(22)27)24-17(28)10-23-18(29)13(21)8-11-2-4-12(26)5-3-11/h2-5,13-15,26H,6-10,21H2,1H3,(H2,22,27)(H,23,29)(H,24,28)(H,25,30)(H,31,32). The molecule has 0 aliphatic rings. The second-order valence-corrected chi connectivity index (χ2v) is 8.15. The maximum absolute atomic E-state index is 12.4. The Morgan fingerprint density at radius 1 is 1.03 bits per heavy atom. The number of thioether (sulfide) groups is 1. The number of phenols is 1. The zero-order chi connectivity index (χ0) is 25.0. The van der Waals surface area contributed by atoms with Crippen molar-refractivity contribution in [3.8, 4) is 5.75 Å². The van der Waals surface area contributed by atoms with Crippen LogP contribution < -0.4 is 27.4 Å². The third-order valence-electron chi connectivity index (χ3n) is 4.43. The van der Waals surface area contributed by atoms with Crippen molar-refractivity contribution in [2.24, 2.45) is 11.5 Å². The van der Waals surface area contributed by atoms with Crippen molar-refractivity contribution in [3.63, 3.8) is 0 Å². The van der Waals surface area contributed by atoms with Gasteiger partial charge >= 0.3 is 5.97 Å². The largest absolute Gasteiger partial charge is 0.508 e. The lowest BCUT2D eigenvalue weighted by Crippen LogP contribution is -2.54. The van der Waals surface area contributed by atoms with E-state index in [0.717, 1.165) is 0 Å². The lowest BCUT2D eigenvalue weighted by Gasteiger charge is -2.21. The molecule has 182 valence electrons. The molecule has 1 rings (SSSR count). The second kappa shape index (κ2) is 14.0. The van der Waals surface area contributed by atoms with Gasteiger partial charge in [-0.2, -0.15) is 11.8 Å². The Labute approximate surface area is 194 Å². The van der Waals surface area contributed by atoms with E-state index in [9.17, 15) is 34.2 Å². The summed E-state index contributed by atoms with van der Waals surface area (Å²) in [6, 6.07) is 2.53. The summed E-state index contributed by atoms with van der Waals surface area (Å²) in [4.78, 5) is 59.4. The van der Waals surface area contributed by atoms with Crippen LogP contribution in [0.25, 0.3) is 0 Å². The molecular formula is C20H29N5O7S. The van der Waals surface area contributed by atoms with E-state index in [-0.39, 0.29) is 18.6 Å². The number of nitrogens with one attached hydrogen (secondary N) is 3. The number of rotatable bonds is 14. The summed E-state index contributed by atoms with van der Waals surface area (Å²) in [7, 11) is 0. The number of phenolic OH excluding ortho intramolecular Hbond substituents is 1. The molecule has 12 nitrogen and oxygen atoms in total. The van der Waals surface area contributed by atoms with Gasteiger partial charge in [-0.1, -0.05) is 12.1 Å². The van der Waals surface area contributed by atoms with Crippen LogP contribution in [0.4, 0.5) is 0 Å². The predicted octanol–water partition coefficient (Wildman–Crippen LogP) is -1.94. The smallest absolute Gasteiger partial charge is 0.326 e. The van der Waals surface area contributed by atoms with E-state index in [2.05, 4.69) is 16.0 Å². The fraction of sp³-hybridized carbons (Fsp3) is 0.450. The summed E-state index contributed by atoms with van der Waals surface area (Å²) in [6.45, 7) is -0.528. The van der Waals surface area contributed by atoms with E-state index in [1.807, 2.05) is 0 Å². The van der Waals surface area contributed by atoms with Gasteiger partial charge < -0.3 is 37.6 Å². The van der Waals surface area contributed by atoms with E-state index in [0.29, 0.717) is 11.3 Å². The first-order chi connectivity index (χ1) is 15.5. The summed E-state index contributed by atoms with van der Waals surface area (Å²) in [5.41, 5.74) is 11.7. The molecule has 13 heteroatoms. The third kappa shape index (κ3) is 10.7. The number of nitrogens with two attached hydrogens (primary N) is 2. The maximum atomic E-state index is 12.4. The molecule has 0 saturated carbocycles. The molecule has 0 saturated heterocycles. The highest BCUT2D eigenvalue weighted by Gasteiger charge is 2.28. The number of primary amides is 1. The Morgan fingerprint density at radius 3 is 2.21 bits per heavy atom. The highest BCUT2D eigenvalue weighted by atomic mass is 32.2. The van der Waals surface area contributed by atoms with Crippen molar-refractivity contribution in [2.75, 3.05) is 18.6 Å². The van der Waals surface area contributed by atoms with Crippen LogP contribution >= 0.6 is 11.8 Å². The minimum Gasteiger partial charge on any atom is -0.508 e. The number of hydrogen-bond donors (Lipinski definition) is 7. The number of carbonyl (C=O) groups excluding carboxylic acids is 4. The number of amides is 4. The van der Waals surface area contributed by atoms with Gasteiger partial charge in [-0.05, 0) is 42.5 Å². The summed E-state index contributed by atoms with van der Waals surface area (Å²) < 4.78 is 0. The quantitative estimate of drug-likeness (QED) is 0.156. The molecule has 4 amide bonds. The van der Waals surface area contributed by atoms with Gasteiger partial charge in [0.2, 0.25) is 23.6 Å². The molecule has 0 aliphatic heterocycles. The molecule has 1 aromatic carbocycles. The molecule has 3 unspecified atom stereocenters. The number of carboxylic acids is 1. The number of carboxylic acid groups (broad SMARTS) is 1. The van der Waals surface area contributed by atoms with Crippen molar-refractivity contribution in [2.45, 2.75) is 37.4 Å². The van der Waals surface area contributed by atoms with Crippen LogP contribution in [0.5, 0.6) is 5.75 Å². The van der Waals surface area contributed by atoms with Gasteiger partial charge in [0.25, 0.3) is 0 Å². The van der Waals surface area contributed by atoms with Crippen molar-refractivity contribution in [1.29, 1.82) is 0 Å². The predicted molar refractivity (Wildman–Crippen MR) is 121 cm³/mol. The number of benzene rings is 1. The molecule has 9 N–H and O–H groups in total. The van der Waals surface area contributed by atoms with Crippen LogP contribution in [0.3, 0.4) is 0 Å². The van der Waals surface area contributed by atoms with Gasteiger partial charge in [-0.25, -0.2) is 4.79 Å². The molecule has 1 aromatic rings. The summed E-state index contributed by atoms with van der Waals surface area (Å²) in [5, 5.41) is 25.4. The number of aromatic hydroxyl groups is 1. The molecule has 0 aliphatic carbocycles. The molecule has 0 spiro atoms. The Hall–Kier alpha value is -3.32. The van der Waals surface area contributed by atoms with Crippen molar-refractivity contribution in [1.82, 2.24) is 16.0 Å². The van der Waals surface area contributed by atoms with Crippen LogP contribution in [0.15, 0.2) is 24.3 Å². The first kappa shape index (κ1) is 27.7. The average Bonchev–Trinajstić information content (AvgIpc) is 2.75. The normalized spacial score (nSPS) is 13.3. The van der Waals surface area contributed by atoms with Crippen LogP contribution in [0.2, 0.25) is 0 Å². The maximum Gasteiger partial charge on any atom is 0.326 e. The molecule has 0 heterocycles. The van der Waals surface area contributed by atoms with Gasteiger partial charge in [0.05, 0.1) is 19.0 Å². The summed E-state index contributed by atoms with van der Waals surface area (Å²) in [5.74, 6) is -3.90. The van der Waals surface area contributed by atoms with Gasteiger partial charge in [0.15, 0.2) is 0 Å². The lowest BCUT2D eigenvalue weighted by molar-refractivity contribution is -0.142. The van der Waals surface area contributed by atoms with Crippen LogP contribution in [-0.2, 0) is 30.4 Å². The highest BCUT2D eigenvalue weighted by molar-refractivity contribution is 7.98. The van der Waals surface area contributed by atoms with Crippen molar-refractivity contribution >= 4 is 41.4 Å². The van der Waals surface area contributed by atoms with Crippen LogP contribution in [-0.4, -0.2) is 76.5 Å². The van der Waals surface area contributed by atoms with Gasteiger partial charge in [0.1, 0.15) is 17.8 Å². The Morgan fingerprint density at radius 2 is 1.67 bits per heavy atom.